The highest BCUT2D eigenvalue weighted by atomic mass is 16.5. The van der Waals surface area contributed by atoms with E-state index in [9.17, 15) is 9.90 Å². The first-order valence-electron chi connectivity index (χ1n) is 7.11. The molecule has 0 aliphatic rings. The second kappa shape index (κ2) is 6.31. The van der Waals surface area contributed by atoms with Crippen molar-refractivity contribution >= 4 is 17.0 Å². The molecule has 0 unspecified atom stereocenters. The summed E-state index contributed by atoms with van der Waals surface area (Å²) in [6, 6.07) is 12.7. The van der Waals surface area contributed by atoms with Crippen LogP contribution in [0.15, 0.2) is 55.1 Å². The number of carbonyl (C=O) groups is 1. The van der Waals surface area contributed by atoms with Crippen LogP contribution in [-0.4, -0.2) is 32.7 Å². The van der Waals surface area contributed by atoms with Gasteiger partial charge in [0.1, 0.15) is 17.0 Å². The molecule has 23 heavy (non-hydrogen) atoms. The van der Waals surface area contributed by atoms with E-state index in [2.05, 4.69) is 16.9 Å². The van der Waals surface area contributed by atoms with Gasteiger partial charge in [0.15, 0.2) is 0 Å². The predicted octanol–water partition coefficient (Wildman–Crippen LogP) is 2.40. The Kier molecular flexibility index (Phi) is 4.05. The number of aromatic hydroxyl groups is 1. The van der Waals surface area contributed by atoms with Gasteiger partial charge in [0, 0.05) is 12.5 Å². The summed E-state index contributed by atoms with van der Waals surface area (Å²) in [7, 11) is 0. The number of benzene rings is 2. The molecule has 0 bridgehead atoms. The average Bonchev–Trinajstić information content (AvgIpc) is 3.00. The Morgan fingerprint density at radius 2 is 2.13 bits per heavy atom. The molecule has 0 saturated heterocycles. The highest BCUT2D eigenvalue weighted by Crippen LogP contribution is 2.25. The van der Waals surface area contributed by atoms with Gasteiger partial charge in [-0.25, -0.2) is 9.48 Å². The smallest absolute Gasteiger partial charge is 0.330 e. The summed E-state index contributed by atoms with van der Waals surface area (Å²) in [5, 5.41) is 18.3. The van der Waals surface area contributed by atoms with Gasteiger partial charge in [0.05, 0.1) is 12.1 Å². The van der Waals surface area contributed by atoms with Crippen molar-refractivity contribution in [1.82, 2.24) is 15.0 Å². The summed E-state index contributed by atoms with van der Waals surface area (Å²) in [6.45, 7) is 3.59. The number of phenols is 1. The number of rotatable bonds is 5. The maximum atomic E-state index is 11.1. The minimum atomic E-state index is -0.453. The summed E-state index contributed by atoms with van der Waals surface area (Å²) < 4.78 is 6.56. The van der Waals surface area contributed by atoms with Crippen molar-refractivity contribution in [2.45, 2.75) is 6.42 Å². The van der Waals surface area contributed by atoms with Crippen LogP contribution in [0.5, 0.6) is 5.75 Å². The van der Waals surface area contributed by atoms with Crippen LogP contribution < -0.4 is 0 Å². The molecule has 116 valence electrons. The first kappa shape index (κ1) is 14.8. The van der Waals surface area contributed by atoms with Gasteiger partial charge in [-0.2, -0.15) is 0 Å². The number of nitrogens with zero attached hydrogens (tertiary/aromatic N) is 3. The summed E-state index contributed by atoms with van der Waals surface area (Å²) in [4.78, 5) is 11.1. The summed E-state index contributed by atoms with van der Waals surface area (Å²) in [6.07, 6.45) is 1.66. The van der Waals surface area contributed by atoms with Crippen LogP contribution in [0.25, 0.3) is 16.7 Å². The molecule has 0 fully saturated rings. The molecule has 0 spiro atoms. The molecule has 1 heterocycles. The molecular formula is C17H15N3O3. The van der Waals surface area contributed by atoms with E-state index in [1.54, 1.807) is 22.9 Å². The number of hydrogen-bond donors (Lipinski definition) is 1. The lowest BCUT2D eigenvalue weighted by Crippen LogP contribution is -2.05. The molecule has 0 amide bonds. The van der Waals surface area contributed by atoms with Crippen LogP contribution in [0.3, 0.4) is 0 Å². The van der Waals surface area contributed by atoms with Crippen LogP contribution >= 0.6 is 0 Å². The summed E-state index contributed by atoms with van der Waals surface area (Å²) in [5.41, 5.74) is 3.00. The Balaban J connectivity index is 1.89. The molecule has 3 aromatic rings. The third-order valence-electron chi connectivity index (χ3n) is 3.42. The molecule has 0 aliphatic heterocycles. The predicted molar refractivity (Wildman–Crippen MR) is 85.4 cm³/mol. The van der Waals surface area contributed by atoms with Crippen molar-refractivity contribution < 1.29 is 14.6 Å². The maximum absolute atomic E-state index is 11.1. The second-order valence-electron chi connectivity index (χ2n) is 4.93. The van der Waals surface area contributed by atoms with Crippen LogP contribution in [0, 0.1) is 0 Å². The van der Waals surface area contributed by atoms with Crippen molar-refractivity contribution in [3.63, 3.8) is 0 Å². The van der Waals surface area contributed by atoms with Crippen LogP contribution in [0.1, 0.15) is 5.56 Å². The molecule has 1 N–H and O–H groups in total. The van der Waals surface area contributed by atoms with Gasteiger partial charge in [-0.3, -0.25) is 0 Å². The Morgan fingerprint density at radius 3 is 2.96 bits per heavy atom. The molecular weight excluding hydrogens is 294 g/mol. The second-order valence-corrected chi connectivity index (χ2v) is 4.93. The molecule has 3 rings (SSSR count). The van der Waals surface area contributed by atoms with Gasteiger partial charge in [-0.15, -0.1) is 5.10 Å². The molecule has 0 aliphatic carbocycles. The Morgan fingerprint density at radius 1 is 1.30 bits per heavy atom. The minimum Gasteiger partial charge on any atom is -0.506 e. The van der Waals surface area contributed by atoms with Crippen molar-refractivity contribution in [3.05, 3.63) is 60.7 Å². The first-order chi connectivity index (χ1) is 11.2. The zero-order valence-corrected chi connectivity index (χ0v) is 12.3. The third kappa shape index (κ3) is 3.06. The van der Waals surface area contributed by atoms with Crippen molar-refractivity contribution in [2.24, 2.45) is 0 Å². The number of para-hydroxylation sites is 1. The van der Waals surface area contributed by atoms with E-state index >= 15 is 0 Å². The maximum Gasteiger partial charge on any atom is 0.330 e. The number of ether oxygens (including phenoxy) is 1. The Bertz CT molecular complexity index is 870. The van der Waals surface area contributed by atoms with E-state index in [1.165, 1.54) is 0 Å². The SMILES string of the molecule is C=CC(=O)OCCc1ccc(O)c(-n2nnc3ccccc32)c1. The fourth-order valence-corrected chi connectivity index (χ4v) is 2.27. The van der Waals surface area contributed by atoms with Crippen LogP contribution in [0.4, 0.5) is 0 Å². The molecule has 1 aromatic heterocycles. The summed E-state index contributed by atoms with van der Waals surface area (Å²) in [5.74, 6) is -0.348. The first-order valence-corrected chi connectivity index (χ1v) is 7.11. The summed E-state index contributed by atoms with van der Waals surface area (Å²) >= 11 is 0. The average molecular weight is 309 g/mol. The number of esters is 1. The Hall–Kier alpha value is -3.15. The molecule has 2 aromatic carbocycles. The Labute approximate surface area is 132 Å². The van der Waals surface area contributed by atoms with E-state index in [0.29, 0.717) is 12.1 Å². The highest BCUT2D eigenvalue weighted by molar-refractivity contribution is 5.81. The van der Waals surface area contributed by atoms with Crippen molar-refractivity contribution in [1.29, 1.82) is 0 Å². The zero-order valence-electron chi connectivity index (χ0n) is 12.3. The van der Waals surface area contributed by atoms with Gasteiger partial charge in [0.2, 0.25) is 0 Å². The van der Waals surface area contributed by atoms with Gasteiger partial charge < -0.3 is 9.84 Å². The van der Waals surface area contributed by atoms with E-state index < -0.39 is 5.97 Å². The van der Waals surface area contributed by atoms with Gasteiger partial charge in [-0.05, 0) is 29.8 Å². The number of fused-ring (bicyclic) bond motifs is 1. The molecule has 6 nitrogen and oxygen atoms in total. The van der Waals surface area contributed by atoms with E-state index in [4.69, 9.17) is 4.74 Å². The van der Waals surface area contributed by atoms with Gasteiger partial charge in [0.25, 0.3) is 0 Å². The van der Waals surface area contributed by atoms with Gasteiger partial charge in [-0.1, -0.05) is 30.0 Å². The molecule has 0 radical (unpaired) electrons. The van der Waals surface area contributed by atoms with E-state index in [-0.39, 0.29) is 12.4 Å². The lowest BCUT2D eigenvalue weighted by atomic mass is 10.1. The standard InChI is InChI=1S/C17H15N3O3/c1-2-17(22)23-10-9-12-7-8-16(21)15(11-12)20-14-6-4-3-5-13(14)18-19-20/h2-8,11,21H,1,9-10H2. The fourth-order valence-electron chi connectivity index (χ4n) is 2.27. The normalized spacial score (nSPS) is 10.6. The van der Waals surface area contributed by atoms with E-state index in [0.717, 1.165) is 22.7 Å². The number of carbonyl (C=O) groups excluding carboxylic acids is 1. The lowest BCUT2D eigenvalue weighted by Gasteiger charge is -2.08. The van der Waals surface area contributed by atoms with Crippen molar-refractivity contribution in [2.75, 3.05) is 6.61 Å². The molecule has 6 heteroatoms. The molecule has 0 saturated carbocycles. The van der Waals surface area contributed by atoms with Crippen LogP contribution in [0.2, 0.25) is 0 Å². The largest absolute Gasteiger partial charge is 0.506 e. The molecule has 0 atom stereocenters. The minimum absolute atomic E-state index is 0.104. The van der Waals surface area contributed by atoms with Crippen molar-refractivity contribution in [3.8, 4) is 11.4 Å². The van der Waals surface area contributed by atoms with Gasteiger partial charge >= 0.3 is 5.97 Å². The van der Waals surface area contributed by atoms with Crippen LogP contribution in [-0.2, 0) is 16.0 Å². The topological polar surface area (TPSA) is 77.2 Å². The van der Waals surface area contributed by atoms with E-state index in [1.807, 2.05) is 24.3 Å². The third-order valence-corrected chi connectivity index (χ3v) is 3.42. The number of hydrogen-bond acceptors (Lipinski definition) is 5. The fraction of sp³-hybridized carbons (Fsp3) is 0.118. The monoisotopic (exact) mass is 309 g/mol. The quantitative estimate of drug-likeness (QED) is 0.578. The zero-order chi connectivity index (χ0) is 16.2. The lowest BCUT2D eigenvalue weighted by molar-refractivity contribution is -0.137. The number of phenolic OH excluding ortho intramolecular Hbond substituents is 1. The number of aromatic nitrogens is 3. The highest BCUT2D eigenvalue weighted by Gasteiger charge is 2.11.